The Kier molecular flexibility index (Phi) is 8.32. The predicted octanol–water partition coefficient (Wildman–Crippen LogP) is 1.37. The number of halogens is 1. The lowest BCUT2D eigenvalue weighted by Crippen LogP contribution is -2.56. The molecular formula is C15H29ClN2O3S. The maximum atomic E-state index is 12.6. The molecule has 3 atom stereocenters. The lowest BCUT2D eigenvalue weighted by molar-refractivity contribution is -0.147. The molecule has 130 valence electrons. The van der Waals surface area contributed by atoms with Gasteiger partial charge < -0.3 is 15.4 Å². The molecule has 2 rings (SSSR count). The first-order valence-electron chi connectivity index (χ1n) is 8.05. The number of rotatable bonds is 5. The van der Waals surface area contributed by atoms with Crippen molar-refractivity contribution in [2.24, 2.45) is 0 Å². The number of carbonyl (C=O) groups is 1. The van der Waals surface area contributed by atoms with Crippen molar-refractivity contribution in [3.8, 4) is 0 Å². The average Bonchev–Trinajstić information content (AvgIpc) is 2.54. The van der Waals surface area contributed by atoms with Crippen LogP contribution in [0.5, 0.6) is 0 Å². The van der Waals surface area contributed by atoms with Gasteiger partial charge in [-0.3, -0.25) is 9.00 Å². The zero-order valence-electron chi connectivity index (χ0n) is 13.6. The molecule has 0 spiro atoms. The highest BCUT2D eigenvalue weighted by molar-refractivity contribution is 7.85. The first-order valence-corrected chi connectivity index (χ1v) is 9.43. The Balaban J connectivity index is 0.00000242. The number of ether oxygens (including phenoxy) is 1. The fraction of sp³-hybridized carbons (Fsp3) is 0.933. The predicted molar refractivity (Wildman–Crippen MR) is 92.0 cm³/mol. The van der Waals surface area contributed by atoms with Crippen LogP contribution in [0, 0.1) is 0 Å². The SMILES string of the molecule is CCS(=O)C1CCCC(NC(=O)C2(OC)CCNCC2)C1.Cl. The van der Waals surface area contributed by atoms with Crippen LogP contribution < -0.4 is 10.6 Å². The van der Waals surface area contributed by atoms with Crippen molar-refractivity contribution in [1.82, 2.24) is 10.6 Å². The Morgan fingerprint density at radius 1 is 1.36 bits per heavy atom. The molecule has 2 aliphatic rings. The molecule has 2 fully saturated rings. The zero-order chi connectivity index (χ0) is 15.3. The second-order valence-corrected chi connectivity index (χ2v) is 8.08. The van der Waals surface area contributed by atoms with Gasteiger partial charge in [-0.2, -0.15) is 0 Å². The standard InChI is InChI=1S/C15H28N2O3S.ClH/c1-3-21(19)13-6-4-5-12(11-13)17-14(18)15(20-2)7-9-16-10-8-15;/h12-13,16H,3-11H2,1-2H3,(H,17,18);1H. The van der Waals surface area contributed by atoms with E-state index in [0.717, 1.165) is 38.8 Å². The van der Waals surface area contributed by atoms with Crippen molar-refractivity contribution in [2.45, 2.75) is 62.3 Å². The van der Waals surface area contributed by atoms with Gasteiger partial charge in [0.25, 0.3) is 5.91 Å². The van der Waals surface area contributed by atoms with Gasteiger partial charge in [0.1, 0.15) is 5.60 Å². The topological polar surface area (TPSA) is 67.4 Å². The third-order valence-corrected chi connectivity index (χ3v) is 6.57. The molecule has 0 radical (unpaired) electrons. The normalized spacial score (nSPS) is 29.2. The van der Waals surface area contributed by atoms with E-state index < -0.39 is 16.4 Å². The molecule has 0 aromatic carbocycles. The van der Waals surface area contributed by atoms with E-state index in [4.69, 9.17) is 4.74 Å². The molecule has 22 heavy (non-hydrogen) atoms. The summed E-state index contributed by atoms with van der Waals surface area (Å²) in [5, 5.41) is 6.66. The number of carbonyl (C=O) groups excluding carboxylic acids is 1. The molecular weight excluding hydrogens is 324 g/mol. The van der Waals surface area contributed by atoms with Crippen LogP contribution in [-0.2, 0) is 20.3 Å². The number of methoxy groups -OCH3 is 1. The highest BCUT2D eigenvalue weighted by Gasteiger charge is 2.41. The van der Waals surface area contributed by atoms with Crippen molar-refractivity contribution >= 4 is 29.1 Å². The van der Waals surface area contributed by atoms with E-state index in [0.29, 0.717) is 18.6 Å². The third-order valence-electron chi connectivity index (χ3n) is 4.83. The van der Waals surface area contributed by atoms with Crippen molar-refractivity contribution in [2.75, 3.05) is 26.0 Å². The minimum atomic E-state index is -0.758. The summed E-state index contributed by atoms with van der Waals surface area (Å²) in [5.41, 5.74) is -0.678. The van der Waals surface area contributed by atoms with Crippen LogP contribution in [0.25, 0.3) is 0 Å². The molecule has 1 heterocycles. The molecule has 1 aliphatic carbocycles. The van der Waals surface area contributed by atoms with Crippen LogP contribution in [0.2, 0.25) is 0 Å². The maximum absolute atomic E-state index is 12.6. The van der Waals surface area contributed by atoms with Crippen LogP contribution in [-0.4, -0.2) is 53.0 Å². The van der Waals surface area contributed by atoms with Gasteiger partial charge in [-0.15, -0.1) is 12.4 Å². The van der Waals surface area contributed by atoms with Gasteiger partial charge >= 0.3 is 0 Å². The van der Waals surface area contributed by atoms with E-state index in [9.17, 15) is 9.00 Å². The lowest BCUT2D eigenvalue weighted by Gasteiger charge is -2.37. The van der Waals surface area contributed by atoms with Gasteiger partial charge in [-0.1, -0.05) is 13.3 Å². The van der Waals surface area contributed by atoms with Gasteiger partial charge in [-0.25, -0.2) is 0 Å². The third kappa shape index (κ3) is 4.66. The van der Waals surface area contributed by atoms with Crippen LogP contribution in [0.4, 0.5) is 0 Å². The number of amides is 1. The summed E-state index contributed by atoms with van der Waals surface area (Å²) in [6, 6.07) is 0.147. The highest BCUT2D eigenvalue weighted by Crippen LogP contribution is 2.26. The largest absolute Gasteiger partial charge is 0.368 e. The van der Waals surface area contributed by atoms with E-state index >= 15 is 0 Å². The summed E-state index contributed by atoms with van der Waals surface area (Å²) in [6.07, 6.45) is 5.32. The molecule has 3 unspecified atom stereocenters. The Morgan fingerprint density at radius 2 is 2.05 bits per heavy atom. The number of piperidine rings is 1. The number of nitrogens with one attached hydrogen (secondary N) is 2. The van der Waals surface area contributed by atoms with E-state index in [1.165, 1.54) is 0 Å². The fourth-order valence-corrected chi connectivity index (χ4v) is 4.77. The maximum Gasteiger partial charge on any atom is 0.252 e. The van der Waals surface area contributed by atoms with Crippen molar-refractivity contribution < 1.29 is 13.7 Å². The van der Waals surface area contributed by atoms with Crippen LogP contribution in [0.15, 0.2) is 0 Å². The molecule has 1 aliphatic heterocycles. The smallest absolute Gasteiger partial charge is 0.252 e. The van der Waals surface area contributed by atoms with Crippen LogP contribution >= 0.6 is 12.4 Å². The monoisotopic (exact) mass is 352 g/mol. The summed E-state index contributed by atoms with van der Waals surface area (Å²) in [6.45, 7) is 3.59. The summed E-state index contributed by atoms with van der Waals surface area (Å²) in [7, 11) is 0.867. The molecule has 5 nitrogen and oxygen atoms in total. The molecule has 0 aromatic heterocycles. The van der Waals surface area contributed by atoms with Crippen molar-refractivity contribution in [1.29, 1.82) is 0 Å². The highest BCUT2D eigenvalue weighted by atomic mass is 35.5. The van der Waals surface area contributed by atoms with E-state index in [1.807, 2.05) is 6.92 Å². The van der Waals surface area contributed by atoms with Gasteiger partial charge in [0.05, 0.1) is 0 Å². The van der Waals surface area contributed by atoms with Gasteiger partial charge in [0.15, 0.2) is 0 Å². The summed E-state index contributed by atoms with van der Waals surface area (Å²) >= 11 is 0. The molecule has 0 bridgehead atoms. The van der Waals surface area contributed by atoms with Crippen LogP contribution in [0.3, 0.4) is 0 Å². The Labute approximate surface area is 142 Å². The quantitative estimate of drug-likeness (QED) is 0.784. The zero-order valence-corrected chi connectivity index (χ0v) is 15.2. The number of hydrogen-bond donors (Lipinski definition) is 2. The summed E-state index contributed by atoms with van der Waals surface area (Å²) in [5.74, 6) is 0.721. The van der Waals surface area contributed by atoms with Crippen molar-refractivity contribution in [3.05, 3.63) is 0 Å². The molecule has 1 saturated heterocycles. The molecule has 1 saturated carbocycles. The van der Waals surface area contributed by atoms with E-state index in [1.54, 1.807) is 7.11 Å². The molecule has 7 heteroatoms. The minimum absolute atomic E-state index is 0. The summed E-state index contributed by atoms with van der Waals surface area (Å²) < 4.78 is 17.6. The first kappa shape index (κ1) is 19.9. The Hall–Kier alpha value is -0.170. The van der Waals surface area contributed by atoms with Crippen LogP contribution in [0.1, 0.15) is 45.4 Å². The lowest BCUT2D eigenvalue weighted by atomic mass is 9.89. The second kappa shape index (κ2) is 9.21. The molecule has 2 N–H and O–H groups in total. The molecule has 1 amide bonds. The van der Waals surface area contributed by atoms with Crippen molar-refractivity contribution in [3.63, 3.8) is 0 Å². The minimum Gasteiger partial charge on any atom is -0.368 e. The fourth-order valence-electron chi connectivity index (χ4n) is 3.42. The number of hydrogen-bond acceptors (Lipinski definition) is 4. The second-order valence-electron chi connectivity index (χ2n) is 6.08. The first-order chi connectivity index (χ1) is 10.1. The van der Waals surface area contributed by atoms with E-state index in [-0.39, 0.29) is 29.6 Å². The van der Waals surface area contributed by atoms with Gasteiger partial charge in [-0.05, 0) is 45.2 Å². The molecule has 0 aromatic rings. The van der Waals surface area contributed by atoms with Gasteiger partial charge in [0.2, 0.25) is 0 Å². The Morgan fingerprint density at radius 3 is 2.64 bits per heavy atom. The van der Waals surface area contributed by atoms with E-state index in [2.05, 4.69) is 10.6 Å². The summed E-state index contributed by atoms with van der Waals surface area (Å²) in [4.78, 5) is 12.6. The van der Waals surface area contributed by atoms with Gasteiger partial charge in [0, 0.05) is 35.0 Å². The Bertz CT molecular complexity index is 389. The average molecular weight is 353 g/mol.